The molecule has 2 nitrogen and oxygen atoms in total. The molecule has 19 heavy (non-hydrogen) atoms. The summed E-state index contributed by atoms with van der Waals surface area (Å²) in [6.45, 7) is 2.07. The molecule has 3 aromatic rings. The van der Waals surface area contributed by atoms with Gasteiger partial charge in [0.25, 0.3) is 0 Å². The molecule has 0 aliphatic carbocycles. The van der Waals surface area contributed by atoms with E-state index in [1.54, 1.807) is 11.3 Å². The predicted octanol–water partition coefficient (Wildman–Crippen LogP) is 5.87. The lowest BCUT2D eigenvalue weighted by Gasteiger charge is -2.05. The fourth-order valence-electron chi connectivity index (χ4n) is 1.79. The highest BCUT2D eigenvalue weighted by atomic mass is 79.9. The molecule has 0 radical (unpaired) electrons. The Labute approximate surface area is 132 Å². The number of hydrogen-bond donors (Lipinski definition) is 1. The van der Waals surface area contributed by atoms with Crippen molar-refractivity contribution in [1.82, 2.24) is 4.98 Å². The van der Waals surface area contributed by atoms with Crippen molar-refractivity contribution in [3.8, 4) is 0 Å². The van der Waals surface area contributed by atoms with Crippen LogP contribution in [0, 0.1) is 6.92 Å². The smallest absolute Gasteiger partial charge is 0.188 e. The van der Waals surface area contributed by atoms with Crippen molar-refractivity contribution in [2.45, 2.75) is 6.92 Å². The molecular formula is C14H10Br2N2S. The van der Waals surface area contributed by atoms with E-state index in [4.69, 9.17) is 0 Å². The Morgan fingerprint density at radius 3 is 2.74 bits per heavy atom. The van der Waals surface area contributed by atoms with Gasteiger partial charge in [0.2, 0.25) is 0 Å². The lowest BCUT2D eigenvalue weighted by Crippen LogP contribution is -1.90. The van der Waals surface area contributed by atoms with Gasteiger partial charge < -0.3 is 5.32 Å². The summed E-state index contributed by atoms with van der Waals surface area (Å²) in [5.74, 6) is 0. The average molecular weight is 398 g/mol. The standard InChI is InChI=1S/C14H10Br2N2S/c1-8-2-4-11(10(16)6-8)17-14-18-12-7-9(15)3-5-13(12)19-14/h2-7H,1H3,(H,17,18). The number of aromatic nitrogens is 1. The van der Waals surface area contributed by atoms with Gasteiger partial charge in [-0.1, -0.05) is 33.3 Å². The number of halogens is 2. The minimum atomic E-state index is 0.901. The lowest BCUT2D eigenvalue weighted by molar-refractivity contribution is 1.40. The van der Waals surface area contributed by atoms with E-state index in [1.165, 1.54) is 10.3 Å². The van der Waals surface area contributed by atoms with Crippen LogP contribution in [0.15, 0.2) is 45.3 Å². The van der Waals surface area contributed by atoms with Crippen molar-refractivity contribution in [1.29, 1.82) is 0 Å². The van der Waals surface area contributed by atoms with Crippen molar-refractivity contribution in [2.75, 3.05) is 5.32 Å². The summed E-state index contributed by atoms with van der Waals surface area (Å²) >= 11 is 8.68. The van der Waals surface area contributed by atoms with Gasteiger partial charge in [-0.3, -0.25) is 0 Å². The van der Waals surface area contributed by atoms with E-state index < -0.39 is 0 Å². The highest BCUT2D eigenvalue weighted by Gasteiger charge is 2.06. The fraction of sp³-hybridized carbons (Fsp3) is 0.0714. The van der Waals surface area contributed by atoms with Crippen LogP contribution in [0.2, 0.25) is 0 Å². The summed E-state index contributed by atoms with van der Waals surface area (Å²) in [4.78, 5) is 4.59. The highest BCUT2D eigenvalue weighted by Crippen LogP contribution is 2.32. The molecule has 0 fully saturated rings. The molecule has 0 spiro atoms. The third-order valence-electron chi connectivity index (χ3n) is 2.72. The van der Waals surface area contributed by atoms with Crippen LogP contribution in [-0.4, -0.2) is 4.98 Å². The van der Waals surface area contributed by atoms with Gasteiger partial charge in [0.05, 0.1) is 15.9 Å². The van der Waals surface area contributed by atoms with Gasteiger partial charge in [0.15, 0.2) is 5.13 Å². The van der Waals surface area contributed by atoms with Crippen molar-refractivity contribution in [3.05, 3.63) is 50.9 Å². The Balaban J connectivity index is 1.96. The maximum Gasteiger partial charge on any atom is 0.188 e. The Kier molecular flexibility index (Phi) is 3.60. The van der Waals surface area contributed by atoms with Crippen LogP contribution < -0.4 is 5.32 Å². The number of hydrogen-bond acceptors (Lipinski definition) is 3. The van der Waals surface area contributed by atoms with Crippen LogP contribution >= 0.6 is 43.2 Å². The first-order chi connectivity index (χ1) is 9.11. The first-order valence-electron chi connectivity index (χ1n) is 5.71. The normalized spacial score (nSPS) is 10.9. The molecule has 3 rings (SSSR count). The number of anilines is 2. The van der Waals surface area contributed by atoms with E-state index in [2.05, 4.69) is 73.3 Å². The maximum atomic E-state index is 4.59. The predicted molar refractivity (Wildman–Crippen MR) is 89.5 cm³/mol. The summed E-state index contributed by atoms with van der Waals surface area (Å²) in [7, 11) is 0. The molecule has 0 atom stereocenters. The average Bonchev–Trinajstić information content (AvgIpc) is 2.74. The summed E-state index contributed by atoms with van der Waals surface area (Å²) in [5.41, 5.74) is 3.26. The van der Waals surface area contributed by atoms with Crippen molar-refractivity contribution < 1.29 is 0 Å². The Morgan fingerprint density at radius 1 is 1.11 bits per heavy atom. The van der Waals surface area contributed by atoms with Gasteiger partial charge in [0, 0.05) is 8.95 Å². The van der Waals surface area contributed by atoms with Crippen LogP contribution in [0.1, 0.15) is 5.56 Å². The Hall–Kier alpha value is -0.910. The van der Waals surface area contributed by atoms with Crippen LogP contribution in [0.5, 0.6) is 0 Å². The van der Waals surface area contributed by atoms with Gasteiger partial charge in [-0.25, -0.2) is 4.98 Å². The number of benzene rings is 2. The number of nitrogens with zero attached hydrogens (tertiary/aromatic N) is 1. The quantitative estimate of drug-likeness (QED) is 0.584. The van der Waals surface area contributed by atoms with Crippen molar-refractivity contribution in [3.63, 3.8) is 0 Å². The van der Waals surface area contributed by atoms with E-state index in [0.717, 1.165) is 25.3 Å². The topological polar surface area (TPSA) is 24.9 Å². The second kappa shape index (κ2) is 5.23. The summed E-state index contributed by atoms with van der Waals surface area (Å²) < 4.78 is 3.27. The summed E-state index contributed by atoms with van der Waals surface area (Å²) in [6.07, 6.45) is 0. The van der Waals surface area contributed by atoms with Crippen molar-refractivity contribution in [2.24, 2.45) is 0 Å². The zero-order valence-corrected chi connectivity index (χ0v) is 14.1. The molecule has 0 bridgehead atoms. The molecule has 0 amide bonds. The van der Waals surface area contributed by atoms with Gasteiger partial charge in [-0.05, 0) is 58.7 Å². The third kappa shape index (κ3) is 2.83. The van der Waals surface area contributed by atoms with Crippen LogP contribution in [0.4, 0.5) is 10.8 Å². The molecule has 96 valence electrons. The van der Waals surface area contributed by atoms with Gasteiger partial charge in [-0.15, -0.1) is 0 Å². The third-order valence-corrected chi connectivity index (χ3v) is 4.82. The van der Waals surface area contributed by atoms with E-state index in [1.807, 2.05) is 12.1 Å². The molecule has 1 N–H and O–H groups in total. The molecule has 0 aliphatic heterocycles. The number of fused-ring (bicyclic) bond motifs is 1. The zero-order chi connectivity index (χ0) is 13.4. The van der Waals surface area contributed by atoms with E-state index in [9.17, 15) is 0 Å². The van der Waals surface area contributed by atoms with Gasteiger partial charge in [0.1, 0.15) is 0 Å². The zero-order valence-electron chi connectivity index (χ0n) is 10.1. The Bertz CT molecular complexity index is 752. The number of aryl methyl sites for hydroxylation is 1. The molecular weight excluding hydrogens is 388 g/mol. The summed E-state index contributed by atoms with van der Waals surface area (Å²) in [5, 5.41) is 4.25. The minimum absolute atomic E-state index is 0.901. The SMILES string of the molecule is Cc1ccc(Nc2nc3cc(Br)ccc3s2)c(Br)c1. The maximum absolute atomic E-state index is 4.59. The molecule has 2 aromatic carbocycles. The van der Waals surface area contributed by atoms with Crippen LogP contribution in [-0.2, 0) is 0 Å². The number of nitrogens with one attached hydrogen (secondary N) is 1. The second-order valence-corrected chi connectivity index (χ2v) is 7.04. The molecule has 0 aliphatic rings. The largest absolute Gasteiger partial charge is 0.331 e. The Morgan fingerprint density at radius 2 is 1.95 bits per heavy atom. The van der Waals surface area contributed by atoms with Crippen LogP contribution in [0.3, 0.4) is 0 Å². The fourth-order valence-corrected chi connectivity index (χ4v) is 3.59. The summed E-state index contributed by atoms with van der Waals surface area (Å²) in [6, 6.07) is 12.4. The molecule has 0 saturated heterocycles. The lowest BCUT2D eigenvalue weighted by atomic mass is 10.2. The van der Waals surface area contributed by atoms with Gasteiger partial charge >= 0.3 is 0 Å². The van der Waals surface area contributed by atoms with Crippen molar-refractivity contribution >= 4 is 64.2 Å². The van der Waals surface area contributed by atoms with Gasteiger partial charge in [-0.2, -0.15) is 0 Å². The number of thiazole rings is 1. The van der Waals surface area contributed by atoms with E-state index in [0.29, 0.717) is 0 Å². The first kappa shape index (κ1) is 13.1. The molecule has 0 unspecified atom stereocenters. The molecule has 1 aromatic heterocycles. The van der Waals surface area contributed by atoms with Crippen LogP contribution in [0.25, 0.3) is 10.2 Å². The van der Waals surface area contributed by atoms with E-state index in [-0.39, 0.29) is 0 Å². The monoisotopic (exact) mass is 396 g/mol. The molecule has 0 saturated carbocycles. The molecule has 5 heteroatoms. The number of rotatable bonds is 2. The first-order valence-corrected chi connectivity index (χ1v) is 8.11. The molecule has 1 heterocycles. The minimum Gasteiger partial charge on any atom is -0.331 e. The highest BCUT2D eigenvalue weighted by molar-refractivity contribution is 9.10. The van der Waals surface area contributed by atoms with E-state index >= 15 is 0 Å². The second-order valence-electron chi connectivity index (χ2n) is 4.24.